The molecule has 0 bridgehead atoms. The number of nitrogens with zero attached hydrogens (tertiary/aromatic N) is 2. The third kappa shape index (κ3) is 4.30. The molecule has 0 unspecified atom stereocenters. The van der Waals surface area contributed by atoms with Crippen molar-refractivity contribution in [2.24, 2.45) is 5.73 Å². The molecular weight excluding hydrogens is 422 g/mol. The molecule has 1 aliphatic carbocycles. The zero-order valence-corrected chi connectivity index (χ0v) is 20.0. The van der Waals surface area contributed by atoms with Gasteiger partial charge >= 0.3 is 0 Å². The van der Waals surface area contributed by atoms with Gasteiger partial charge in [0.25, 0.3) is 0 Å². The molecule has 174 valence electrons. The lowest BCUT2D eigenvalue weighted by Gasteiger charge is -2.19. The second-order valence-corrected chi connectivity index (χ2v) is 10.2. The van der Waals surface area contributed by atoms with Crippen molar-refractivity contribution in [2.45, 2.75) is 57.9 Å². The number of amides is 1. The average molecular weight is 454 g/mol. The van der Waals surface area contributed by atoms with E-state index in [1.807, 2.05) is 36.4 Å². The minimum Gasteiger partial charge on any atom is -0.457 e. The Morgan fingerprint density at radius 1 is 0.971 bits per heavy atom. The summed E-state index contributed by atoms with van der Waals surface area (Å²) in [6.07, 6.45) is 4.70. The van der Waals surface area contributed by atoms with E-state index in [1.165, 1.54) is 18.4 Å². The van der Waals surface area contributed by atoms with Crippen LogP contribution in [0.15, 0.2) is 66.7 Å². The summed E-state index contributed by atoms with van der Waals surface area (Å²) in [7, 11) is 0. The number of benzene rings is 3. The van der Waals surface area contributed by atoms with Crippen LogP contribution in [0, 0.1) is 0 Å². The number of carbonyl (C=O) groups is 1. The second-order valence-electron chi connectivity index (χ2n) is 10.2. The highest BCUT2D eigenvalue weighted by molar-refractivity contribution is 5.96. The fourth-order valence-electron chi connectivity index (χ4n) is 4.85. The van der Waals surface area contributed by atoms with Gasteiger partial charge in [0, 0.05) is 17.2 Å². The number of aromatic nitrogens is 2. The Hall–Kier alpha value is -3.60. The van der Waals surface area contributed by atoms with Crippen LogP contribution < -0.4 is 10.5 Å². The van der Waals surface area contributed by atoms with Crippen LogP contribution in [0.5, 0.6) is 11.5 Å². The summed E-state index contributed by atoms with van der Waals surface area (Å²) in [4.78, 5) is 16.7. The van der Waals surface area contributed by atoms with E-state index in [1.54, 1.807) is 12.1 Å². The van der Waals surface area contributed by atoms with E-state index in [2.05, 4.69) is 43.5 Å². The van der Waals surface area contributed by atoms with Gasteiger partial charge in [-0.1, -0.05) is 57.9 Å². The standard InChI is InChI=1S/C29H31N3O2/c1-29(2,3)21-12-14-23(15-13-21)34-24-10-6-7-20(17-24)28-31-25-18-19(27(30)33)11-16-26(25)32(28)22-8-4-5-9-22/h6-7,10-18,22H,4-5,8-9H2,1-3H3,(H2,30,33). The Bertz CT molecular complexity index is 1340. The predicted molar refractivity (Wildman–Crippen MR) is 136 cm³/mol. The Balaban J connectivity index is 1.53. The lowest BCUT2D eigenvalue weighted by Crippen LogP contribution is -2.10. The van der Waals surface area contributed by atoms with Crippen molar-refractivity contribution in [3.63, 3.8) is 0 Å². The van der Waals surface area contributed by atoms with Crippen molar-refractivity contribution in [3.05, 3.63) is 77.9 Å². The van der Waals surface area contributed by atoms with Gasteiger partial charge in [0.05, 0.1) is 11.0 Å². The highest BCUT2D eigenvalue weighted by atomic mass is 16.5. The molecule has 1 amide bonds. The summed E-state index contributed by atoms with van der Waals surface area (Å²) in [5, 5.41) is 0. The van der Waals surface area contributed by atoms with Crippen LogP contribution in [-0.2, 0) is 5.41 Å². The van der Waals surface area contributed by atoms with Gasteiger partial charge in [-0.25, -0.2) is 4.98 Å². The van der Waals surface area contributed by atoms with Gasteiger partial charge in [-0.05, 0) is 66.3 Å². The fraction of sp³-hybridized carbons (Fsp3) is 0.310. The number of rotatable bonds is 5. The monoisotopic (exact) mass is 453 g/mol. The molecule has 1 aromatic heterocycles. The largest absolute Gasteiger partial charge is 0.457 e. The van der Waals surface area contributed by atoms with Crippen LogP contribution >= 0.6 is 0 Å². The van der Waals surface area contributed by atoms with Gasteiger partial charge < -0.3 is 15.0 Å². The van der Waals surface area contributed by atoms with Crippen molar-refractivity contribution in [1.82, 2.24) is 9.55 Å². The topological polar surface area (TPSA) is 70.1 Å². The maximum Gasteiger partial charge on any atom is 0.248 e. The zero-order valence-electron chi connectivity index (χ0n) is 20.0. The van der Waals surface area contributed by atoms with Gasteiger partial charge in [-0.2, -0.15) is 0 Å². The van der Waals surface area contributed by atoms with Crippen molar-refractivity contribution in [2.75, 3.05) is 0 Å². The second kappa shape index (κ2) is 8.64. The molecule has 0 atom stereocenters. The normalized spacial score (nSPS) is 14.6. The van der Waals surface area contributed by atoms with Gasteiger partial charge in [0.2, 0.25) is 5.91 Å². The lowest BCUT2D eigenvalue weighted by molar-refractivity contribution is 0.100. The number of hydrogen-bond donors (Lipinski definition) is 1. The highest BCUT2D eigenvalue weighted by Crippen LogP contribution is 2.38. The van der Waals surface area contributed by atoms with E-state index in [0.717, 1.165) is 46.8 Å². The lowest BCUT2D eigenvalue weighted by atomic mass is 9.87. The Kier molecular flexibility index (Phi) is 5.64. The molecule has 1 heterocycles. The van der Waals surface area contributed by atoms with Gasteiger partial charge in [-0.15, -0.1) is 0 Å². The molecule has 4 aromatic rings. The first-order valence-electron chi connectivity index (χ1n) is 12.0. The minimum absolute atomic E-state index is 0.103. The van der Waals surface area contributed by atoms with E-state index in [0.29, 0.717) is 11.6 Å². The Labute approximate surface area is 200 Å². The van der Waals surface area contributed by atoms with Crippen LogP contribution in [0.3, 0.4) is 0 Å². The molecule has 1 aliphatic rings. The minimum atomic E-state index is -0.438. The number of fused-ring (bicyclic) bond motifs is 1. The highest BCUT2D eigenvalue weighted by Gasteiger charge is 2.24. The van der Waals surface area contributed by atoms with Crippen LogP contribution in [0.4, 0.5) is 0 Å². The van der Waals surface area contributed by atoms with E-state index in [-0.39, 0.29) is 5.41 Å². The van der Waals surface area contributed by atoms with Crippen LogP contribution in [0.25, 0.3) is 22.4 Å². The summed E-state index contributed by atoms with van der Waals surface area (Å²) in [6.45, 7) is 6.61. The van der Waals surface area contributed by atoms with Crippen LogP contribution in [0.2, 0.25) is 0 Å². The number of nitrogens with two attached hydrogens (primary N) is 1. The van der Waals surface area contributed by atoms with Gasteiger partial charge in [0.1, 0.15) is 17.3 Å². The van der Waals surface area contributed by atoms with Crippen molar-refractivity contribution in [1.29, 1.82) is 0 Å². The van der Waals surface area contributed by atoms with E-state index in [9.17, 15) is 4.79 Å². The molecule has 1 fully saturated rings. The Morgan fingerprint density at radius 3 is 2.38 bits per heavy atom. The summed E-state index contributed by atoms with van der Waals surface area (Å²) < 4.78 is 8.54. The van der Waals surface area contributed by atoms with Crippen molar-refractivity contribution >= 4 is 16.9 Å². The molecule has 2 N–H and O–H groups in total. The molecule has 3 aromatic carbocycles. The number of primary amides is 1. The SMILES string of the molecule is CC(C)(C)c1ccc(Oc2cccc(-c3nc4cc(C(N)=O)ccc4n3C3CCCC3)c2)cc1. The summed E-state index contributed by atoms with van der Waals surface area (Å²) >= 11 is 0. The van der Waals surface area contributed by atoms with E-state index < -0.39 is 5.91 Å². The van der Waals surface area contributed by atoms with Crippen LogP contribution in [-0.4, -0.2) is 15.5 Å². The third-order valence-corrected chi connectivity index (χ3v) is 6.71. The fourth-order valence-corrected chi connectivity index (χ4v) is 4.85. The molecule has 0 aliphatic heterocycles. The summed E-state index contributed by atoms with van der Waals surface area (Å²) in [6, 6.07) is 22.3. The molecule has 0 radical (unpaired) electrons. The molecular formula is C29H31N3O2. The van der Waals surface area contributed by atoms with Gasteiger partial charge in [-0.3, -0.25) is 4.79 Å². The van der Waals surface area contributed by atoms with Crippen LogP contribution in [0.1, 0.15) is 68.4 Å². The number of ether oxygens (including phenoxy) is 1. The third-order valence-electron chi connectivity index (χ3n) is 6.71. The first-order chi connectivity index (χ1) is 16.3. The molecule has 0 saturated heterocycles. The number of carbonyl (C=O) groups excluding carboxylic acids is 1. The summed E-state index contributed by atoms with van der Waals surface area (Å²) in [5.41, 5.74) is 10.2. The van der Waals surface area contributed by atoms with Gasteiger partial charge in [0.15, 0.2) is 0 Å². The van der Waals surface area contributed by atoms with E-state index >= 15 is 0 Å². The first kappa shape index (κ1) is 22.2. The quantitative estimate of drug-likeness (QED) is 0.353. The molecule has 5 heteroatoms. The van der Waals surface area contributed by atoms with E-state index in [4.69, 9.17) is 15.5 Å². The molecule has 1 saturated carbocycles. The number of hydrogen-bond acceptors (Lipinski definition) is 3. The first-order valence-corrected chi connectivity index (χ1v) is 12.0. The molecule has 0 spiro atoms. The maximum absolute atomic E-state index is 11.7. The molecule has 34 heavy (non-hydrogen) atoms. The van der Waals surface area contributed by atoms with Crippen molar-refractivity contribution in [3.8, 4) is 22.9 Å². The Morgan fingerprint density at radius 2 is 1.71 bits per heavy atom. The zero-order chi connectivity index (χ0) is 23.9. The smallest absolute Gasteiger partial charge is 0.248 e. The predicted octanol–water partition coefficient (Wildman–Crippen LogP) is 7.01. The van der Waals surface area contributed by atoms with Crippen molar-refractivity contribution < 1.29 is 9.53 Å². The number of imidazole rings is 1. The summed E-state index contributed by atoms with van der Waals surface area (Å²) in [5.74, 6) is 2.04. The maximum atomic E-state index is 11.7. The average Bonchev–Trinajstić information content (AvgIpc) is 3.46. The molecule has 5 rings (SSSR count). The molecule has 5 nitrogen and oxygen atoms in total.